The number of aliphatic imine (C=N–C) groups is 1. The zero-order valence-corrected chi connectivity index (χ0v) is 27.1. The predicted octanol–water partition coefficient (Wildman–Crippen LogP) is 1.33. The van der Waals surface area contributed by atoms with Crippen LogP contribution in [0.15, 0.2) is 89.9 Å². The van der Waals surface area contributed by atoms with E-state index in [-0.39, 0.29) is 42.8 Å². The van der Waals surface area contributed by atoms with E-state index in [9.17, 15) is 19.2 Å². The van der Waals surface area contributed by atoms with Gasteiger partial charge in [-0.15, -0.1) is 0 Å². The van der Waals surface area contributed by atoms with E-state index in [4.69, 9.17) is 17.2 Å². The highest BCUT2D eigenvalue weighted by Crippen LogP contribution is 2.25. The van der Waals surface area contributed by atoms with Crippen LogP contribution in [0.1, 0.15) is 53.9 Å². The maximum Gasteiger partial charge on any atom is 0.315 e. The Balaban J connectivity index is 1.53. The van der Waals surface area contributed by atoms with Crippen molar-refractivity contribution < 1.29 is 19.2 Å². The quantitative estimate of drug-likeness (QED) is 0.0537. The number of benzene rings is 3. The smallest absolute Gasteiger partial charge is 0.315 e. The van der Waals surface area contributed by atoms with Gasteiger partial charge in [0.1, 0.15) is 6.04 Å². The highest BCUT2D eigenvalue weighted by Gasteiger charge is 2.27. The molecule has 0 aliphatic carbocycles. The Labute approximate surface area is 281 Å². The second kappa shape index (κ2) is 20.6. The Hall–Kier alpha value is -5.43. The number of nitrogens with zero attached hydrogens (tertiary/aromatic N) is 1. The van der Waals surface area contributed by atoms with Crippen molar-refractivity contribution in [3.63, 3.8) is 0 Å². The second-order valence-corrected chi connectivity index (χ2v) is 11.2. The number of nitrogens with one attached hydrogen (secondary N) is 5. The predicted molar refractivity (Wildman–Crippen MR) is 186 cm³/mol. The molecule has 0 aromatic heterocycles. The molecule has 1 atom stereocenters. The van der Waals surface area contributed by atoms with Crippen LogP contribution in [0.3, 0.4) is 0 Å². The molecule has 0 unspecified atom stereocenters. The lowest BCUT2D eigenvalue weighted by Gasteiger charge is -2.23. The van der Waals surface area contributed by atoms with Crippen LogP contribution in [-0.4, -0.2) is 61.9 Å². The van der Waals surface area contributed by atoms with Gasteiger partial charge >= 0.3 is 6.03 Å². The molecule has 3 rings (SSSR count). The Kier molecular flexibility index (Phi) is 15.9. The van der Waals surface area contributed by atoms with Crippen LogP contribution in [0.5, 0.6) is 0 Å². The van der Waals surface area contributed by atoms with E-state index in [1.54, 1.807) is 0 Å². The van der Waals surface area contributed by atoms with Gasteiger partial charge in [-0.3, -0.25) is 19.4 Å². The number of urea groups is 1. The summed E-state index contributed by atoms with van der Waals surface area (Å²) in [5, 5.41) is 14.2. The van der Waals surface area contributed by atoms with E-state index in [1.807, 2.05) is 84.9 Å². The average molecular weight is 658 g/mol. The van der Waals surface area contributed by atoms with Crippen LogP contribution in [0.4, 0.5) is 4.79 Å². The molecule has 0 aliphatic heterocycles. The first kappa shape index (κ1) is 37.0. The fourth-order valence-corrected chi connectivity index (χ4v) is 4.90. The van der Waals surface area contributed by atoms with E-state index < -0.39 is 12.0 Å². The van der Waals surface area contributed by atoms with Gasteiger partial charge in [0, 0.05) is 32.7 Å². The molecule has 0 spiro atoms. The molecule has 3 aromatic carbocycles. The molecule has 0 bridgehead atoms. The molecule has 5 amide bonds. The SMILES string of the molecule is NCC(=O)NCCCCNC(=O)NCc1ccc(CNC(=O)[C@@H](CCCN=C(N)N)NC(=O)C(c2ccccc2)c2ccccc2)cc1. The van der Waals surface area contributed by atoms with Gasteiger partial charge in [-0.2, -0.15) is 0 Å². The van der Waals surface area contributed by atoms with Crippen LogP contribution in [0.2, 0.25) is 0 Å². The number of amides is 5. The monoisotopic (exact) mass is 657 g/mol. The first-order chi connectivity index (χ1) is 23.3. The lowest BCUT2D eigenvalue weighted by Crippen LogP contribution is -2.48. The third-order valence-corrected chi connectivity index (χ3v) is 7.45. The van der Waals surface area contributed by atoms with Crippen molar-refractivity contribution in [1.29, 1.82) is 0 Å². The molecule has 0 fully saturated rings. The Morgan fingerprint density at radius 3 is 1.73 bits per heavy atom. The highest BCUT2D eigenvalue weighted by molar-refractivity contribution is 5.92. The van der Waals surface area contributed by atoms with Crippen LogP contribution < -0.4 is 43.8 Å². The van der Waals surface area contributed by atoms with Crippen LogP contribution in [0, 0.1) is 0 Å². The summed E-state index contributed by atoms with van der Waals surface area (Å²) in [5.74, 6) is -1.44. The molecule has 3 aromatic rings. The minimum Gasteiger partial charge on any atom is -0.370 e. The highest BCUT2D eigenvalue weighted by atomic mass is 16.2. The summed E-state index contributed by atoms with van der Waals surface area (Å²) in [4.78, 5) is 54.4. The molecule has 13 heteroatoms. The third kappa shape index (κ3) is 13.5. The molecule has 256 valence electrons. The Morgan fingerprint density at radius 1 is 0.646 bits per heavy atom. The van der Waals surface area contributed by atoms with Crippen molar-refractivity contribution in [2.24, 2.45) is 22.2 Å². The van der Waals surface area contributed by atoms with E-state index in [1.165, 1.54) is 0 Å². The Bertz CT molecular complexity index is 1420. The standard InChI is InChI=1S/C35H47N9O4/c36-22-30(45)39-19-7-8-20-41-35(48)43-24-26-17-15-25(16-18-26)23-42-32(46)29(14-9-21-40-34(37)38)44-33(47)31(27-10-3-1-4-11-27)28-12-5-2-6-13-28/h1-6,10-13,15-18,29,31H,7-9,14,19-24,36H2,(H,39,45)(H,42,46)(H,44,47)(H4,37,38,40)(H2,41,43,48)/t29-/m1/s1. The topological polar surface area (TPSA) is 219 Å². The van der Waals surface area contributed by atoms with Crippen molar-refractivity contribution in [3.05, 3.63) is 107 Å². The fraction of sp³-hybridized carbons (Fsp3) is 0.343. The summed E-state index contributed by atoms with van der Waals surface area (Å²) >= 11 is 0. The number of carbonyl (C=O) groups is 4. The summed E-state index contributed by atoms with van der Waals surface area (Å²) in [6.07, 6.45) is 2.28. The normalized spacial score (nSPS) is 11.2. The second-order valence-electron chi connectivity index (χ2n) is 11.2. The lowest BCUT2D eigenvalue weighted by atomic mass is 9.90. The average Bonchev–Trinajstić information content (AvgIpc) is 3.10. The molecule has 0 saturated heterocycles. The van der Waals surface area contributed by atoms with E-state index in [0.717, 1.165) is 35.1 Å². The molecule has 0 saturated carbocycles. The number of hydrogen-bond donors (Lipinski definition) is 8. The zero-order chi connectivity index (χ0) is 34.6. The molecule has 13 nitrogen and oxygen atoms in total. The lowest BCUT2D eigenvalue weighted by molar-refractivity contribution is -0.129. The van der Waals surface area contributed by atoms with Crippen molar-refractivity contribution >= 4 is 29.7 Å². The van der Waals surface area contributed by atoms with Crippen LogP contribution >= 0.6 is 0 Å². The largest absolute Gasteiger partial charge is 0.370 e. The van der Waals surface area contributed by atoms with Crippen LogP contribution in [0.25, 0.3) is 0 Å². The van der Waals surface area contributed by atoms with Crippen molar-refractivity contribution in [1.82, 2.24) is 26.6 Å². The number of guanidine groups is 1. The summed E-state index contributed by atoms with van der Waals surface area (Å²) < 4.78 is 0. The summed E-state index contributed by atoms with van der Waals surface area (Å²) in [6.45, 7) is 1.87. The van der Waals surface area contributed by atoms with Gasteiger partial charge in [-0.25, -0.2) is 4.79 Å². The summed E-state index contributed by atoms with van der Waals surface area (Å²) in [6, 6.07) is 25.3. The number of hydrogen-bond acceptors (Lipinski definition) is 6. The zero-order valence-electron chi connectivity index (χ0n) is 27.1. The van der Waals surface area contributed by atoms with Gasteiger partial charge in [0.15, 0.2) is 5.96 Å². The molecular weight excluding hydrogens is 610 g/mol. The van der Waals surface area contributed by atoms with Crippen LogP contribution in [-0.2, 0) is 27.5 Å². The molecular formula is C35H47N9O4. The van der Waals surface area contributed by atoms with Gasteiger partial charge in [0.2, 0.25) is 17.7 Å². The van der Waals surface area contributed by atoms with E-state index in [0.29, 0.717) is 39.0 Å². The molecule has 11 N–H and O–H groups in total. The number of rotatable bonds is 19. The van der Waals surface area contributed by atoms with E-state index in [2.05, 4.69) is 31.6 Å². The summed E-state index contributed by atoms with van der Waals surface area (Å²) in [5.41, 5.74) is 19.6. The summed E-state index contributed by atoms with van der Waals surface area (Å²) in [7, 11) is 0. The van der Waals surface area contributed by atoms with E-state index >= 15 is 0 Å². The van der Waals surface area contributed by atoms with Crippen molar-refractivity contribution in [3.8, 4) is 0 Å². The van der Waals surface area contributed by atoms with Gasteiger partial charge in [-0.1, -0.05) is 84.9 Å². The third-order valence-electron chi connectivity index (χ3n) is 7.45. The van der Waals surface area contributed by atoms with Gasteiger partial charge < -0.3 is 43.8 Å². The molecule has 0 heterocycles. The molecule has 0 aliphatic rings. The first-order valence-corrected chi connectivity index (χ1v) is 16.1. The van der Waals surface area contributed by atoms with Gasteiger partial charge in [0.05, 0.1) is 12.5 Å². The minimum absolute atomic E-state index is 0.0327. The number of unbranched alkanes of at least 4 members (excludes halogenated alkanes) is 1. The fourth-order valence-electron chi connectivity index (χ4n) is 4.90. The van der Waals surface area contributed by atoms with Crippen molar-refractivity contribution in [2.45, 2.75) is 50.7 Å². The minimum atomic E-state index is -0.812. The molecule has 0 radical (unpaired) electrons. The Morgan fingerprint density at radius 2 is 1.19 bits per heavy atom. The maximum atomic E-state index is 13.7. The molecule has 48 heavy (non-hydrogen) atoms. The maximum absolute atomic E-state index is 13.7. The number of carbonyl (C=O) groups excluding carboxylic acids is 4. The van der Waals surface area contributed by atoms with Gasteiger partial charge in [0.25, 0.3) is 0 Å². The van der Waals surface area contributed by atoms with Crippen molar-refractivity contribution in [2.75, 3.05) is 26.2 Å². The first-order valence-electron chi connectivity index (χ1n) is 16.1. The van der Waals surface area contributed by atoms with Gasteiger partial charge in [-0.05, 0) is 47.9 Å². The number of nitrogens with two attached hydrogens (primary N) is 3.